The van der Waals surface area contributed by atoms with E-state index in [0.717, 1.165) is 19.3 Å². The van der Waals surface area contributed by atoms with E-state index >= 15 is 0 Å². The molecule has 0 aliphatic carbocycles. The molecule has 1 nitrogen and oxygen atoms in total. The molecule has 0 spiro atoms. The molecule has 0 N–H and O–H groups in total. The molecule has 18 heavy (non-hydrogen) atoms. The lowest BCUT2D eigenvalue weighted by atomic mass is 9.84. The molecule has 0 bridgehead atoms. The molecule has 1 rings (SSSR count). The van der Waals surface area contributed by atoms with Crippen LogP contribution in [0.5, 0.6) is 0 Å². The third-order valence-corrected chi connectivity index (χ3v) is 3.35. The van der Waals surface area contributed by atoms with Gasteiger partial charge in [-0.25, -0.2) is 0 Å². The van der Waals surface area contributed by atoms with E-state index in [4.69, 9.17) is 0 Å². The van der Waals surface area contributed by atoms with Crippen LogP contribution in [-0.2, 0) is 11.2 Å². The minimum absolute atomic E-state index is 0.157. The van der Waals surface area contributed by atoms with Crippen molar-refractivity contribution in [1.82, 2.24) is 0 Å². The largest absolute Gasteiger partial charge is 0.299 e. The predicted molar refractivity (Wildman–Crippen MR) is 77.6 cm³/mol. The molecule has 0 unspecified atom stereocenters. The second-order valence-electron chi connectivity index (χ2n) is 5.91. The summed E-state index contributed by atoms with van der Waals surface area (Å²) in [6, 6.07) is 10.5. The van der Waals surface area contributed by atoms with Crippen LogP contribution in [0, 0.1) is 17.8 Å². The molecular weight excluding hydrogens is 220 g/mol. The Bertz CT molecular complexity index is 351. The number of carbonyl (C=O) groups is 1. The Morgan fingerprint density at radius 3 is 2.17 bits per heavy atom. The maximum atomic E-state index is 12.2. The number of hydrogen-bond acceptors (Lipinski definition) is 1. The lowest BCUT2D eigenvalue weighted by molar-refractivity contribution is -0.126. The van der Waals surface area contributed by atoms with Crippen LogP contribution in [-0.4, -0.2) is 5.78 Å². The van der Waals surface area contributed by atoms with E-state index in [9.17, 15) is 4.79 Å². The monoisotopic (exact) mass is 246 g/mol. The van der Waals surface area contributed by atoms with Crippen molar-refractivity contribution in [1.29, 1.82) is 0 Å². The molecular formula is C17H26O. The quantitative estimate of drug-likeness (QED) is 0.692. The van der Waals surface area contributed by atoms with Gasteiger partial charge in [0.1, 0.15) is 5.78 Å². The fourth-order valence-electron chi connectivity index (χ4n) is 2.40. The first-order chi connectivity index (χ1) is 8.50. The van der Waals surface area contributed by atoms with Gasteiger partial charge < -0.3 is 0 Å². The molecule has 1 aromatic rings. The average molecular weight is 246 g/mol. The van der Waals surface area contributed by atoms with Crippen LogP contribution >= 0.6 is 0 Å². The van der Waals surface area contributed by atoms with E-state index in [1.54, 1.807) is 0 Å². The molecule has 100 valence electrons. The maximum absolute atomic E-state index is 12.2. The van der Waals surface area contributed by atoms with E-state index in [1.165, 1.54) is 5.56 Å². The van der Waals surface area contributed by atoms with E-state index in [1.807, 2.05) is 19.9 Å². The highest BCUT2D eigenvalue weighted by Crippen LogP contribution is 2.22. The molecule has 1 aromatic carbocycles. The number of rotatable bonds is 7. The Labute approximate surface area is 112 Å². The Kier molecular flexibility index (Phi) is 6.11. The lowest BCUT2D eigenvalue weighted by Crippen LogP contribution is -2.22. The highest BCUT2D eigenvalue weighted by molar-refractivity contribution is 5.82. The van der Waals surface area contributed by atoms with Crippen LogP contribution in [0.15, 0.2) is 30.3 Å². The summed E-state index contributed by atoms with van der Waals surface area (Å²) in [6.07, 6.45) is 3.01. The molecule has 0 amide bonds. The van der Waals surface area contributed by atoms with Crippen LogP contribution in [0.2, 0.25) is 0 Å². The molecule has 0 heterocycles. The molecule has 0 aliphatic heterocycles. The van der Waals surface area contributed by atoms with Crippen molar-refractivity contribution in [2.75, 3.05) is 0 Å². The Hall–Kier alpha value is -1.11. The van der Waals surface area contributed by atoms with Gasteiger partial charge in [0.25, 0.3) is 0 Å². The van der Waals surface area contributed by atoms with Crippen molar-refractivity contribution in [2.45, 2.75) is 47.0 Å². The number of aryl methyl sites for hydroxylation is 1. The first-order valence-electron chi connectivity index (χ1n) is 7.08. The van der Waals surface area contributed by atoms with E-state index in [0.29, 0.717) is 11.7 Å². The summed E-state index contributed by atoms with van der Waals surface area (Å²) in [5, 5.41) is 0. The van der Waals surface area contributed by atoms with Gasteiger partial charge >= 0.3 is 0 Å². The minimum Gasteiger partial charge on any atom is -0.299 e. The van der Waals surface area contributed by atoms with Crippen molar-refractivity contribution in [2.24, 2.45) is 17.8 Å². The summed E-state index contributed by atoms with van der Waals surface area (Å²) < 4.78 is 0. The summed E-state index contributed by atoms with van der Waals surface area (Å²) in [5.74, 6) is 1.41. The number of hydrogen-bond donors (Lipinski definition) is 0. The molecule has 1 heteroatoms. The van der Waals surface area contributed by atoms with Crippen LogP contribution < -0.4 is 0 Å². The fraction of sp³-hybridized carbons (Fsp3) is 0.588. The third-order valence-electron chi connectivity index (χ3n) is 3.35. The van der Waals surface area contributed by atoms with Gasteiger partial charge in [0.2, 0.25) is 0 Å². The summed E-state index contributed by atoms with van der Waals surface area (Å²) in [4.78, 5) is 12.2. The van der Waals surface area contributed by atoms with Crippen molar-refractivity contribution >= 4 is 5.78 Å². The molecule has 0 aromatic heterocycles. The molecule has 0 saturated carbocycles. The smallest absolute Gasteiger partial charge is 0.138 e. The predicted octanol–water partition coefficient (Wildman–Crippen LogP) is 4.51. The minimum atomic E-state index is 0.157. The highest BCUT2D eigenvalue weighted by Gasteiger charge is 2.21. The van der Waals surface area contributed by atoms with Crippen molar-refractivity contribution in [3.05, 3.63) is 35.9 Å². The zero-order chi connectivity index (χ0) is 13.5. The fourth-order valence-corrected chi connectivity index (χ4v) is 2.40. The number of carbonyl (C=O) groups excluding carboxylic acids is 1. The highest BCUT2D eigenvalue weighted by atomic mass is 16.1. The van der Waals surface area contributed by atoms with Crippen LogP contribution in [0.25, 0.3) is 0 Å². The maximum Gasteiger partial charge on any atom is 0.138 e. The zero-order valence-corrected chi connectivity index (χ0v) is 12.1. The van der Waals surface area contributed by atoms with Gasteiger partial charge in [0, 0.05) is 11.8 Å². The molecule has 0 aliphatic rings. The first-order valence-corrected chi connectivity index (χ1v) is 7.08. The molecule has 0 fully saturated rings. The molecule has 0 radical (unpaired) electrons. The molecule has 0 saturated heterocycles. The topological polar surface area (TPSA) is 17.1 Å². The van der Waals surface area contributed by atoms with Crippen LogP contribution in [0.3, 0.4) is 0 Å². The average Bonchev–Trinajstić information content (AvgIpc) is 2.34. The van der Waals surface area contributed by atoms with E-state index in [-0.39, 0.29) is 11.8 Å². The molecule has 1 atom stereocenters. The van der Waals surface area contributed by atoms with Crippen molar-refractivity contribution < 1.29 is 4.79 Å². The summed E-state index contributed by atoms with van der Waals surface area (Å²) >= 11 is 0. The number of Topliss-reactive ketones (excluding diaryl/α,β-unsaturated/α-hetero) is 1. The SMILES string of the molecule is CC(C)C[C@@H](CCc1ccccc1)C(=O)C(C)C. The first kappa shape index (κ1) is 14.9. The second-order valence-corrected chi connectivity index (χ2v) is 5.91. The Balaban J connectivity index is 2.59. The number of ketones is 1. The number of benzene rings is 1. The summed E-state index contributed by atoms with van der Waals surface area (Å²) in [7, 11) is 0. The van der Waals surface area contributed by atoms with Gasteiger partial charge in [0.05, 0.1) is 0 Å². The standard InChI is InChI=1S/C17H26O/c1-13(2)12-16(17(18)14(3)4)11-10-15-8-6-5-7-9-15/h5-9,13-14,16H,10-12H2,1-4H3/t16-/m1/s1. The zero-order valence-electron chi connectivity index (χ0n) is 12.1. The van der Waals surface area contributed by atoms with Gasteiger partial charge in [-0.2, -0.15) is 0 Å². The summed E-state index contributed by atoms with van der Waals surface area (Å²) in [6.45, 7) is 8.42. The van der Waals surface area contributed by atoms with Gasteiger partial charge in [-0.1, -0.05) is 58.0 Å². The van der Waals surface area contributed by atoms with Crippen LogP contribution in [0.1, 0.15) is 46.1 Å². The van der Waals surface area contributed by atoms with E-state index in [2.05, 4.69) is 38.1 Å². The Morgan fingerprint density at radius 2 is 1.67 bits per heavy atom. The van der Waals surface area contributed by atoms with Gasteiger partial charge in [-0.15, -0.1) is 0 Å². The van der Waals surface area contributed by atoms with Gasteiger partial charge in [-0.05, 0) is 30.7 Å². The Morgan fingerprint density at radius 1 is 1.06 bits per heavy atom. The second kappa shape index (κ2) is 7.35. The van der Waals surface area contributed by atoms with Crippen LogP contribution in [0.4, 0.5) is 0 Å². The lowest BCUT2D eigenvalue weighted by Gasteiger charge is -2.19. The van der Waals surface area contributed by atoms with Gasteiger partial charge in [-0.3, -0.25) is 4.79 Å². The summed E-state index contributed by atoms with van der Waals surface area (Å²) in [5.41, 5.74) is 1.34. The van der Waals surface area contributed by atoms with Crippen molar-refractivity contribution in [3.8, 4) is 0 Å². The van der Waals surface area contributed by atoms with E-state index < -0.39 is 0 Å². The van der Waals surface area contributed by atoms with Gasteiger partial charge in [0.15, 0.2) is 0 Å². The van der Waals surface area contributed by atoms with Crippen molar-refractivity contribution in [3.63, 3.8) is 0 Å². The normalized spacial score (nSPS) is 13.0. The third kappa shape index (κ3) is 5.03.